The topological polar surface area (TPSA) is 117 Å². The number of Topliss-reactive ketones (excluding diaryl/α,β-unsaturated/α-hetero) is 1. The summed E-state index contributed by atoms with van der Waals surface area (Å²) in [6, 6.07) is 7.15. The fraction of sp³-hybridized carbons (Fsp3) is 0.520. The Morgan fingerprint density at radius 3 is 2.45 bits per heavy atom. The molecule has 1 saturated carbocycles. The first-order chi connectivity index (χ1) is 15.8. The van der Waals surface area contributed by atoms with Gasteiger partial charge in [0.1, 0.15) is 5.60 Å². The lowest BCUT2D eigenvalue weighted by molar-refractivity contribution is -0.131. The number of hydrogen-bond acceptors (Lipinski definition) is 5. The Labute approximate surface area is 193 Å². The highest BCUT2D eigenvalue weighted by Crippen LogP contribution is 2.33. The van der Waals surface area contributed by atoms with Gasteiger partial charge in [-0.05, 0) is 36.5 Å². The van der Waals surface area contributed by atoms with Gasteiger partial charge in [-0.1, -0.05) is 49.9 Å². The number of ketones is 1. The van der Waals surface area contributed by atoms with Crippen LogP contribution < -0.4 is 16.0 Å². The largest absolute Gasteiger partial charge is 0.361 e. The maximum Gasteiger partial charge on any atom is 0.247 e. The van der Waals surface area contributed by atoms with Gasteiger partial charge in [0.2, 0.25) is 17.7 Å². The summed E-state index contributed by atoms with van der Waals surface area (Å²) >= 11 is 0. The number of fused-ring (bicyclic) bond motifs is 1. The Morgan fingerprint density at radius 1 is 1.06 bits per heavy atom. The predicted octanol–water partition coefficient (Wildman–Crippen LogP) is 1.28. The Kier molecular flexibility index (Phi) is 6.93. The third-order valence-corrected chi connectivity index (χ3v) is 6.71. The zero-order valence-electron chi connectivity index (χ0n) is 18.9. The fourth-order valence-electron chi connectivity index (χ4n) is 4.62. The second-order valence-corrected chi connectivity index (χ2v) is 9.39. The summed E-state index contributed by atoms with van der Waals surface area (Å²) < 4.78 is 5.28. The third-order valence-electron chi connectivity index (χ3n) is 6.71. The molecule has 0 spiro atoms. The highest BCUT2D eigenvalue weighted by molar-refractivity contribution is 6.02. The van der Waals surface area contributed by atoms with E-state index in [0.29, 0.717) is 30.9 Å². The third kappa shape index (κ3) is 5.87. The molecule has 0 radical (unpaired) electrons. The van der Waals surface area contributed by atoms with Gasteiger partial charge in [-0.2, -0.15) is 0 Å². The van der Waals surface area contributed by atoms with Gasteiger partial charge in [-0.25, -0.2) is 0 Å². The van der Waals surface area contributed by atoms with Crippen molar-refractivity contribution in [3.05, 3.63) is 41.0 Å². The highest BCUT2D eigenvalue weighted by Gasteiger charge is 2.50. The Balaban J connectivity index is 1.20. The lowest BCUT2D eigenvalue weighted by Gasteiger charge is -2.22. The molecule has 3 aliphatic rings. The van der Waals surface area contributed by atoms with Crippen molar-refractivity contribution in [3.63, 3.8) is 0 Å². The van der Waals surface area contributed by atoms with E-state index in [-0.39, 0.29) is 24.8 Å². The Bertz CT molecular complexity index is 976. The minimum absolute atomic E-state index is 0.104. The van der Waals surface area contributed by atoms with Gasteiger partial charge in [0, 0.05) is 12.0 Å². The Morgan fingerprint density at radius 2 is 1.76 bits per heavy atom. The van der Waals surface area contributed by atoms with Crippen LogP contribution in [0.2, 0.25) is 0 Å². The summed E-state index contributed by atoms with van der Waals surface area (Å²) in [4.78, 5) is 49.7. The van der Waals surface area contributed by atoms with E-state index in [1.54, 1.807) is 6.92 Å². The molecule has 0 unspecified atom stereocenters. The molecule has 1 aromatic carbocycles. The molecule has 176 valence electrons. The van der Waals surface area contributed by atoms with Crippen LogP contribution in [0.25, 0.3) is 6.08 Å². The normalized spacial score (nSPS) is 22.2. The van der Waals surface area contributed by atoms with Crippen LogP contribution in [0, 0.1) is 5.92 Å². The molecule has 0 bridgehead atoms. The van der Waals surface area contributed by atoms with Gasteiger partial charge in [-0.3, -0.25) is 19.2 Å². The van der Waals surface area contributed by atoms with Gasteiger partial charge in [0.05, 0.1) is 25.7 Å². The maximum atomic E-state index is 12.8. The number of amides is 3. The number of hydrogen-bond donors (Lipinski definition) is 3. The molecule has 3 amide bonds. The van der Waals surface area contributed by atoms with Crippen molar-refractivity contribution in [2.45, 2.75) is 57.1 Å². The van der Waals surface area contributed by atoms with E-state index in [2.05, 4.69) is 16.0 Å². The molecule has 1 aromatic rings. The second kappa shape index (κ2) is 9.87. The van der Waals surface area contributed by atoms with Gasteiger partial charge < -0.3 is 20.7 Å². The molecule has 2 atom stereocenters. The number of epoxide rings is 1. The molecule has 2 aliphatic carbocycles. The summed E-state index contributed by atoms with van der Waals surface area (Å²) in [7, 11) is 0. The molecule has 33 heavy (non-hydrogen) atoms. The molecule has 8 nitrogen and oxygen atoms in total. The summed E-state index contributed by atoms with van der Waals surface area (Å²) in [5, 5.41) is 7.89. The van der Waals surface area contributed by atoms with E-state index in [4.69, 9.17) is 4.74 Å². The van der Waals surface area contributed by atoms with Gasteiger partial charge in [0.25, 0.3) is 0 Å². The minimum Gasteiger partial charge on any atom is -0.361 e. The Hall–Kier alpha value is -3.00. The van der Waals surface area contributed by atoms with Crippen LogP contribution in [0.4, 0.5) is 0 Å². The maximum absolute atomic E-state index is 12.8. The summed E-state index contributed by atoms with van der Waals surface area (Å²) in [5.74, 6) is -0.879. The number of rotatable bonds is 10. The van der Waals surface area contributed by atoms with Crippen LogP contribution >= 0.6 is 0 Å². The molecule has 8 heteroatoms. The highest BCUT2D eigenvalue weighted by atomic mass is 16.6. The average molecular weight is 454 g/mol. The summed E-state index contributed by atoms with van der Waals surface area (Å²) in [6.45, 7) is 1.64. The smallest absolute Gasteiger partial charge is 0.247 e. The molecule has 1 aliphatic heterocycles. The predicted molar refractivity (Wildman–Crippen MR) is 122 cm³/mol. The van der Waals surface area contributed by atoms with E-state index in [9.17, 15) is 19.2 Å². The van der Waals surface area contributed by atoms with Crippen molar-refractivity contribution in [2.24, 2.45) is 5.92 Å². The molecular weight excluding hydrogens is 422 g/mol. The van der Waals surface area contributed by atoms with Crippen molar-refractivity contribution in [2.75, 3.05) is 19.7 Å². The van der Waals surface area contributed by atoms with E-state index in [0.717, 1.165) is 36.8 Å². The van der Waals surface area contributed by atoms with Crippen LogP contribution in [0.1, 0.15) is 50.2 Å². The molecule has 3 N–H and O–H groups in total. The standard InChI is InChI=1S/C25H31N3O5/c1-25(15-33-25)23(31)20(10-16-6-2-3-7-16)28-22(30)14-26-21(29)13-27-24(32)19-11-17-8-4-5-9-18(17)12-19/h4-5,8-9,11,16,20H,2-3,6-7,10,12-15H2,1H3,(H,26,29)(H,27,32)(H,28,30)/t20-,25+/m0/s1. The van der Waals surface area contributed by atoms with Crippen LogP contribution in [0.5, 0.6) is 0 Å². The lowest BCUT2D eigenvalue weighted by Crippen LogP contribution is -2.50. The SMILES string of the molecule is C[C@]1(C(=O)[C@H](CC2CCCC2)NC(=O)CNC(=O)CNC(=O)C2=Cc3ccccc3C2)CO1. The van der Waals surface area contributed by atoms with E-state index in [1.165, 1.54) is 0 Å². The molecule has 1 saturated heterocycles. The second-order valence-electron chi connectivity index (χ2n) is 9.39. The monoisotopic (exact) mass is 453 g/mol. The summed E-state index contributed by atoms with van der Waals surface area (Å²) in [5.41, 5.74) is 1.89. The first-order valence-corrected chi connectivity index (χ1v) is 11.6. The average Bonchev–Trinajstić information content (AvgIpc) is 3.19. The van der Waals surface area contributed by atoms with Gasteiger partial charge in [-0.15, -0.1) is 0 Å². The van der Waals surface area contributed by atoms with Gasteiger partial charge >= 0.3 is 0 Å². The van der Waals surface area contributed by atoms with Crippen molar-refractivity contribution < 1.29 is 23.9 Å². The number of carbonyl (C=O) groups is 4. The molecular formula is C25H31N3O5. The molecule has 0 aromatic heterocycles. The van der Waals surface area contributed by atoms with Crippen molar-refractivity contribution in [3.8, 4) is 0 Å². The minimum atomic E-state index is -0.807. The van der Waals surface area contributed by atoms with E-state index < -0.39 is 23.5 Å². The van der Waals surface area contributed by atoms with Crippen LogP contribution in [0.3, 0.4) is 0 Å². The number of benzene rings is 1. The number of nitrogens with one attached hydrogen (secondary N) is 3. The van der Waals surface area contributed by atoms with Crippen LogP contribution in [-0.4, -0.2) is 54.8 Å². The zero-order valence-corrected chi connectivity index (χ0v) is 18.9. The first kappa shape index (κ1) is 23.2. The van der Waals surface area contributed by atoms with E-state index >= 15 is 0 Å². The summed E-state index contributed by atoms with van der Waals surface area (Å²) in [6.07, 6.45) is 7.39. The van der Waals surface area contributed by atoms with Crippen molar-refractivity contribution >= 4 is 29.6 Å². The number of ether oxygens (including phenoxy) is 1. The van der Waals surface area contributed by atoms with Crippen molar-refractivity contribution in [1.82, 2.24) is 16.0 Å². The molecule has 2 fully saturated rings. The van der Waals surface area contributed by atoms with Crippen LogP contribution in [-0.2, 0) is 30.3 Å². The zero-order chi connectivity index (χ0) is 23.4. The van der Waals surface area contributed by atoms with Crippen molar-refractivity contribution in [1.29, 1.82) is 0 Å². The lowest BCUT2D eigenvalue weighted by atomic mass is 9.91. The molecule has 4 rings (SSSR count). The first-order valence-electron chi connectivity index (χ1n) is 11.6. The number of carbonyl (C=O) groups excluding carboxylic acids is 4. The van der Waals surface area contributed by atoms with E-state index in [1.807, 2.05) is 30.3 Å². The van der Waals surface area contributed by atoms with Gasteiger partial charge in [0.15, 0.2) is 5.78 Å². The quantitative estimate of drug-likeness (QED) is 0.462. The van der Waals surface area contributed by atoms with Crippen LogP contribution in [0.15, 0.2) is 29.8 Å². The fourth-order valence-corrected chi connectivity index (χ4v) is 4.62. The molecule has 1 heterocycles.